The molecule has 0 saturated heterocycles. The molecule has 1 amide bonds. The maximum absolute atomic E-state index is 11.6. The smallest absolute Gasteiger partial charge is 0.226 e. The predicted molar refractivity (Wildman–Crippen MR) is 70.4 cm³/mol. The Labute approximate surface area is 104 Å². The highest BCUT2D eigenvalue weighted by atomic mass is 16.2. The Morgan fingerprint density at radius 1 is 1.47 bits per heavy atom. The van der Waals surface area contributed by atoms with Crippen LogP contribution in [0.1, 0.15) is 39.5 Å². The number of rotatable bonds is 6. The molecule has 1 saturated carbocycles. The van der Waals surface area contributed by atoms with Crippen LogP contribution >= 0.6 is 0 Å². The molecule has 4 heteroatoms. The Morgan fingerprint density at radius 2 is 2.18 bits per heavy atom. The van der Waals surface area contributed by atoms with Crippen LogP contribution in [0.4, 0.5) is 0 Å². The van der Waals surface area contributed by atoms with Crippen LogP contribution in [-0.2, 0) is 4.79 Å². The van der Waals surface area contributed by atoms with Crippen LogP contribution in [0.3, 0.4) is 0 Å². The number of amides is 1. The van der Waals surface area contributed by atoms with E-state index in [1.165, 1.54) is 19.1 Å². The van der Waals surface area contributed by atoms with Gasteiger partial charge in [0.25, 0.3) is 0 Å². The van der Waals surface area contributed by atoms with Crippen molar-refractivity contribution in [3.8, 4) is 0 Å². The summed E-state index contributed by atoms with van der Waals surface area (Å²) < 4.78 is 0. The fourth-order valence-corrected chi connectivity index (χ4v) is 2.46. The van der Waals surface area contributed by atoms with Gasteiger partial charge in [-0.3, -0.25) is 4.79 Å². The first-order chi connectivity index (χ1) is 7.99. The Morgan fingerprint density at radius 3 is 2.76 bits per heavy atom. The summed E-state index contributed by atoms with van der Waals surface area (Å²) in [5, 5.41) is 13.3. The summed E-state index contributed by atoms with van der Waals surface area (Å²) in [6, 6.07) is 0.517. The van der Waals surface area contributed by atoms with Crippen molar-refractivity contribution in [3.05, 3.63) is 0 Å². The van der Waals surface area contributed by atoms with E-state index in [4.69, 9.17) is 5.41 Å². The molecule has 0 heterocycles. The molecule has 98 valence electrons. The number of hydrogen-bond acceptors (Lipinski definition) is 3. The maximum atomic E-state index is 11.6. The third-order valence-corrected chi connectivity index (χ3v) is 3.67. The monoisotopic (exact) mass is 239 g/mol. The summed E-state index contributed by atoms with van der Waals surface area (Å²) in [6.45, 7) is 4.64. The molecule has 0 aromatic carbocycles. The summed E-state index contributed by atoms with van der Waals surface area (Å²) in [6.07, 6.45) is 5.92. The third kappa shape index (κ3) is 4.11. The van der Waals surface area contributed by atoms with E-state index in [-0.39, 0.29) is 11.3 Å². The Kier molecular flexibility index (Phi) is 5.12. The van der Waals surface area contributed by atoms with E-state index < -0.39 is 0 Å². The van der Waals surface area contributed by atoms with Gasteiger partial charge in [0, 0.05) is 19.6 Å². The van der Waals surface area contributed by atoms with Crippen LogP contribution in [0.5, 0.6) is 0 Å². The zero-order valence-corrected chi connectivity index (χ0v) is 11.2. The quantitative estimate of drug-likeness (QED) is 0.616. The number of carbonyl (C=O) groups excluding carboxylic acids is 1. The molecule has 0 aromatic rings. The van der Waals surface area contributed by atoms with E-state index in [9.17, 15) is 4.79 Å². The molecule has 17 heavy (non-hydrogen) atoms. The van der Waals surface area contributed by atoms with Gasteiger partial charge in [0.1, 0.15) is 0 Å². The van der Waals surface area contributed by atoms with Crippen LogP contribution < -0.4 is 10.6 Å². The van der Waals surface area contributed by atoms with E-state index in [0.717, 1.165) is 12.8 Å². The van der Waals surface area contributed by atoms with Gasteiger partial charge in [-0.2, -0.15) is 0 Å². The highest BCUT2D eigenvalue weighted by Crippen LogP contribution is 2.28. The minimum Gasteiger partial charge on any atom is -0.359 e. The van der Waals surface area contributed by atoms with Crippen LogP contribution in [0.25, 0.3) is 0 Å². The highest BCUT2D eigenvalue weighted by Gasteiger charge is 2.29. The molecular weight excluding hydrogens is 214 g/mol. The Hall–Kier alpha value is -0.900. The van der Waals surface area contributed by atoms with Crippen molar-refractivity contribution in [3.63, 3.8) is 0 Å². The summed E-state index contributed by atoms with van der Waals surface area (Å²) in [5.41, 5.74) is -0.353. The molecule has 0 aromatic heterocycles. The molecular formula is C13H25N3O. The SMILES string of the molecule is CNC(=O)C(C)(C)CNC1CCC(CC=N)C1. The van der Waals surface area contributed by atoms with Crippen molar-refractivity contribution >= 4 is 12.1 Å². The van der Waals surface area contributed by atoms with Gasteiger partial charge in [0.05, 0.1) is 5.41 Å². The largest absolute Gasteiger partial charge is 0.359 e. The zero-order valence-electron chi connectivity index (χ0n) is 11.2. The average molecular weight is 239 g/mol. The van der Waals surface area contributed by atoms with Gasteiger partial charge in [-0.15, -0.1) is 0 Å². The fourth-order valence-electron chi connectivity index (χ4n) is 2.46. The van der Waals surface area contributed by atoms with Gasteiger partial charge < -0.3 is 16.0 Å². The zero-order chi connectivity index (χ0) is 12.9. The molecule has 0 bridgehead atoms. The molecule has 2 atom stereocenters. The third-order valence-electron chi connectivity index (χ3n) is 3.67. The van der Waals surface area contributed by atoms with E-state index in [0.29, 0.717) is 18.5 Å². The van der Waals surface area contributed by atoms with Gasteiger partial charge in [0.2, 0.25) is 5.91 Å². The topological polar surface area (TPSA) is 65.0 Å². The summed E-state index contributed by atoms with van der Waals surface area (Å²) in [7, 11) is 1.68. The first-order valence-corrected chi connectivity index (χ1v) is 6.44. The second kappa shape index (κ2) is 6.15. The highest BCUT2D eigenvalue weighted by molar-refractivity contribution is 5.81. The molecule has 0 spiro atoms. The van der Waals surface area contributed by atoms with E-state index in [2.05, 4.69) is 10.6 Å². The second-order valence-electron chi connectivity index (χ2n) is 5.66. The normalized spacial score (nSPS) is 24.6. The van der Waals surface area contributed by atoms with E-state index in [1.807, 2.05) is 13.8 Å². The van der Waals surface area contributed by atoms with Gasteiger partial charge >= 0.3 is 0 Å². The van der Waals surface area contributed by atoms with Crippen molar-refractivity contribution in [2.75, 3.05) is 13.6 Å². The number of hydrogen-bond donors (Lipinski definition) is 3. The van der Waals surface area contributed by atoms with Crippen LogP contribution in [0.15, 0.2) is 0 Å². The van der Waals surface area contributed by atoms with Crippen molar-refractivity contribution in [1.82, 2.24) is 10.6 Å². The van der Waals surface area contributed by atoms with Crippen LogP contribution in [-0.4, -0.2) is 31.8 Å². The molecule has 1 fully saturated rings. The van der Waals surface area contributed by atoms with Crippen molar-refractivity contribution in [1.29, 1.82) is 5.41 Å². The lowest BCUT2D eigenvalue weighted by atomic mass is 9.92. The van der Waals surface area contributed by atoms with Gasteiger partial charge in [-0.1, -0.05) is 0 Å². The summed E-state index contributed by atoms with van der Waals surface area (Å²) in [5.74, 6) is 0.743. The summed E-state index contributed by atoms with van der Waals surface area (Å²) >= 11 is 0. The van der Waals surface area contributed by atoms with Crippen molar-refractivity contribution in [2.24, 2.45) is 11.3 Å². The first-order valence-electron chi connectivity index (χ1n) is 6.44. The van der Waals surface area contributed by atoms with E-state index in [1.54, 1.807) is 7.05 Å². The van der Waals surface area contributed by atoms with E-state index >= 15 is 0 Å². The summed E-state index contributed by atoms with van der Waals surface area (Å²) in [4.78, 5) is 11.6. The Balaban J connectivity index is 2.32. The molecule has 0 radical (unpaired) electrons. The van der Waals surface area contributed by atoms with Crippen LogP contribution in [0.2, 0.25) is 0 Å². The molecule has 3 N–H and O–H groups in total. The average Bonchev–Trinajstić information content (AvgIpc) is 2.74. The van der Waals surface area contributed by atoms with Crippen LogP contribution in [0, 0.1) is 16.7 Å². The molecule has 1 aliphatic carbocycles. The van der Waals surface area contributed by atoms with Crippen molar-refractivity contribution in [2.45, 2.75) is 45.6 Å². The molecule has 4 nitrogen and oxygen atoms in total. The maximum Gasteiger partial charge on any atom is 0.226 e. The fraction of sp³-hybridized carbons (Fsp3) is 0.846. The molecule has 1 aliphatic rings. The number of nitrogens with one attached hydrogen (secondary N) is 3. The number of carbonyl (C=O) groups is 1. The van der Waals surface area contributed by atoms with Crippen molar-refractivity contribution < 1.29 is 4.79 Å². The Bertz CT molecular complexity index is 276. The minimum absolute atomic E-state index is 0.0824. The van der Waals surface area contributed by atoms with Gasteiger partial charge in [0.15, 0.2) is 0 Å². The standard InChI is InChI=1S/C13H25N3O/c1-13(2,12(17)15-3)9-16-11-5-4-10(8-11)6-7-14/h7,10-11,14,16H,4-6,8-9H2,1-3H3,(H,15,17). The first kappa shape index (κ1) is 14.2. The lowest BCUT2D eigenvalue weighted by Gasteiger charge is -2.25. The second-order valence-corrected chi connectivity index (χ2v) is 5.66. The lowest BCUT2D eigenvalue weighted by molar-refractivity contribution is -0.128. The predicted octanol–water partition coefficient (Wildman–Crippen LogP) is 1.56. The van der Waals surface area contributed by atoms with Gasteiger partial charge in [-0.05, 0) is 51.7 Å². The molecule has 1 rings (SSSR count). The lowest BCUT2D eigenvalue weighted by Crippen LogP contribution is -2.44. The van der Waals surface area contributed by atoms with Gasteiger partial charge in [-0.25, -0.2) is 0 Å². The molecule has 0 aliphatic heterocycles. The molecule has 2 unspecified atom stereocenters. The minimum atomic E-state index is -0.353.